The minimum Gasteiger partial charge on any atom is -0.504 e. The molecule has 0 aromatic heterocycles. The van der Waals surface area contributed by atoms with Crippen LogP contribution in [0.5, 0.6) is 11.5 Å². The van der Waals surface area contributed by atoms with E-state index in [1.54, 1.807) is 39.0 Å². The van der Waals surface area contributed by atoms with Crippen LogP contribution in [0.2, 0.25) is 0 Å². The van der Waals surface area contributed by atoms with Crippen molar-refractivity contribution in [3.05, 3.63) is 29.8 Å². The highest BCUT2D eigenvalue weighted by atomic mass is 32.2. The molecule has 0 aliphatic carbocycles. The van der Waals surface area contributed by atoms with Crippen LogP contribution in [0.3, 0.4) is 0 Å². The number of rotatable bonds is 6. The molecule has 1 aromatic carbocycles. The number of esters is 1. The first-order chi connectivity index (χ1) is 18.4. The summed E-state index contributed by atoms with van der Waals surface area (Å²) in [5.41, 5.74) is 0.313. The van der Waals surface area contributed by atoms with Crippen molar-refractivity contribution in [1.82, 2.24) is 0 Å². The number of aromatic hydroxyl groups is 1. The maximum absolute atomic E-state index is 12.8. The zero-order chi connectivity index (χ0) is 28.1. The molecular formula is C27H36O11S. The first kappa shape index (κ1) is 28.6. The molecule has 39 heavy (non-hydrogen) atoms. The van der Waals surface area contributed by atoms with Crippen molar-refractivity contribution in [2.75, 3.05) is 7.11 Å². The Bertz CT molecular complexity index is 1090. The number of phenolic OH excluding ortho intramolecular Hbond substituents is 1. The largest absolute Gasteiger partial charge is 0.504 e. The Morgan fingerprint density at radius 2 is 1.67 bits per heavy atom. The molecule has 0 radical (unpaired) electrons. The summed E-state index contributed by atoms with van der Waals surface area (Å²) in [6.07, 6.45) is -1.75. The number of carbonyl (C=O) groups excluding carboxylic acids is 1. The first-order valence-corrected chi connectivity index (χ1v) is 13.8. The predicted molar refractivity (Wildman–Crippen MR) is 139 cm³/mol. The molecule has 5 rings (SSSR count). The second kappa shape index (κ2) is 10.8. The maximum atomic E-state index is 12.8. The van der Waals surface area contributed by atoms with Gasteiger partial charge in [-0.05, 0) is 65.3 Å². The number of benzene rings is 1. The molecule has 0 spiro atoms. The predicted octanol–water partition coefficient (Wildman–Crippen LogP) is 3.52. The Balaban J connectivity index is 1.29. The van der Waals surface area contributed by atoms with E-state index in [4.69, 9.17) is 42.1 Å². The first-order valence-electron chi connectivity index (χ1n) is 13.0. The van der Waals surface area contributed by atoms with Gasteiger partial charge in [0.25, 0.3) is 0 Å². The monoisotopic (exact) mass is 568 g/mol. The second-order valence-corrected chi connectivity index (χ2v) is 11.8. The highest BCUT2D eigenvalue weighted by molar-refractivity contribution is 7.95. The molecule has 0 amide bonds. The smallest absolute Gasteiger partial charge is 0.331 e. The molecule has 216 valence electrons. The molecule has 4 aliphatic rings. The van der Waals surface area contributed by atoms with Crippen molar-refractivity contribution in [1.29, 1.82) is 0 Å². The molecule has 1 aromatic rings. The Morgan fingerprint density at radius 3 is 2.41 bits per heavy atom. The van der Waals surface area contributed by atoms with Crippen molar-refractivity contribution < 1.29 is 52.0 Å². The van der Waals surface area contributed by atoms with Gasteiger partial charge >= 0.3 is 5.97 Å². The molecule has 4 aliphatic heterocycles. The van der Waals surface area contributed by atoms with Crippen molar-refractivity contribution in [3.8, 4) is 11.5 Å². The summed E-state index contributed by atoms with van der Waals surface area (Å²) in [6.45, 7) is 11.0. The third-order valence-corrected chi connectivity index (χ3v) is 7.87. The fraction of sp³-hybridized carbons (Fsp3) is 0.667. The molecule has 4 fully saturated rings. The molecule has 9 atom stereocenters. The molecular weight excluding hydrogens is 532 g/mol. The van der Waals surface area contributed by atoms with E-state index in [9.17, 15) is 9.90 Å². The average molecular weight is 569 g/mol. The zero-order valence-corrected chi connectivity index (χ0v) is 23.8. The van der Waals surface area contributed by atoms with Gasteiger partial charge in [-0.2, -0.15) is 0 Å². The standard InChI is InChI=1S/C27H36O11S/c1-13-19(32-18(29)11-9-15-8-10-16(28)17(12-15)30-7)21-22(35-26(3,4)34-21)24(31-13)33-20-14(2)38-39-25-23(20)36-27(5,6)37-25/h8-14,19-25,28H,1-7H3/b11-9+. The SMILES string of the molecule is COc1cc(/C=C/C(=O)OC2C(C)OC(OC3C(C)OSC4OC(C)(C)OC43)C3OC(C)(C)OC23)ccc1O. The van der Waals surface area contributed by atoms with Gasteiger partial charge in [0.1, 0.15) is 24.4 Å². The maximum Gasteiger partial charge on any atom is 0.331 e. The molecule has 0 saturated carbocycles. The third-order valence-electron chi connectivity index (χ3n) is 6.90. The lowest BCUT2D eigenvalue weighted by Gasteiger charge is -2.43. The molecule has 12 heteroatoms. The van der Waals surface area contributed by atoms with Gasteiger partial charge in [0.05, 0.1) is 19.3 Å². The number of hydrogen-bond donors (Lipinski definition) is 1. The van der Waals surface area contributed by atoms with Gasteiger partial charge in [-0.15, -0.1) is 0 Å². The van der Waals surface area contributed by atoms with Crippen molar-refractivity contribution in [2.45, 2.75) is 108 Å². The van der Waals surface area contributed by atoms with Gasteiger partial charge in [0, 0.05) is 18.1 Å². The lowest BCUT2D eigenvalue weighted by molar-refractivity contribution is -0.303. The minimum absolute atomic E-state index is 0.00778. The van der Waals surface area contributed by atoms with Crippen molar-refractivity contribution >= 4 is 24.1 Å². The summed E-state index contributed by atoms with van der Waals surface area (Å²) in [7, 11) is 1.45. The minimum atomic E-state index is -0.949. The van der Waals surface area contributed by atoms with E-state index in [1.807, 2.05) is 20.8 Å². The van der Waals surface area contributed by atoms with E-state index in [0.717, 1.165) is 0 Å². The lowest BCUT2D eigenvalue weighted by atomic mass is 9.99. The van der Waals surface area contributed by atoms with E-state index >= 15 is 0 Å². The second-order valence-electron chi connectivity index (χ2n) is 10.9. The molecule has 0 bridgehead atoms. The van der Waals surface area contributed by atoms with E-state index in [2.05, 4.69) is 0 Å². The van der Waals surface area contributed by atoms with Crippen molar-refractivity contribution in [2.24, 2.45) is 0 Å². The van der Waals surface area contributed by atoms with Crippen LogP contribution in [0.25, 0.3) is 6.08 Å². The molecule has 9 unspecified atom stereocenters. The number of phenols is 1. The Kier molecular flexibility index (Phi) is 7.94. The molecule has 4 heterocycles. The van der Waals surface area contributed by atoms with Crippen LogP contribution in [-0.2, 0) is 42.1 Å². The number of ether oxygens (including phenoxy) is 8. The van der Waals surface area contributed by atoms with E-state index in [0.29, 0.717) is 11.3 Å². The van der Waals surface area contributed by atoms with Crippen LogP contribution in [0, 0.1) is 0 Å². The van der Waals surface area contributed by atoms with Crippen LogP contribution in [-0.4, -0.2) is 84.2 Å². The molecule has 1 N–H and O–H groups in total. The zero-order valence-electron chi connectivity index (χ0n) is 23.0. The Morgan fingerprint density at radius 1 is 0.974 bits per heavy atom. The number of hydrogen-bond acceptors (Lipinski definition) is 12. The fourth-order valence-electron chi connectivity index (χ4n) is 5.18. The summed E-state index contributed by atoms with van der Waals surface area (Å²) in [6, 6.07) is 4.75. The lowest BCUT2D eigenvalue weighted by Crippen LogP contribution is -2.60. The number of methoxy groups -OCH3 is 1. The van der Waals surface area contributed by atoms with Crippen LogP contribution < -0.4 is 4.74 Å². The molecule has 4 saturated heterocycles. The number of fused-ring (bicyclic) bond motifs is 2. The van der Waals surface area contributed by atoms with Crippen molar-refractivity contribution in [3.63, 3.8) is 0 Å². The van der Waals surface area contributed by atoms with E-state index in [-0.39, 0.29) is 23.4 Å². The van der Waals surface area contributed by atoms with Gasteiger partial charge in [0.15, 0.2) is 40.9 Å². The summed E-state index contributed by atoms with van der Waals surface area (Å²) in [4.78, 5) is 12.8. The molecule has 11 nitrogen and oxygen atoms in total. The Hall–Kier alpha value is -1.90. The normalized spacial score (nSPS) is 38.8. The van der Waals surface area contributed by atoms with Gasteiger partial charge in [-0.1, -0.05) is 6.07 Å². The van der Waals surface area contributed by atoms with Crippen LogP contribution in [0.15, 0.2) is 24.3 Å². The summed E-state index contributed by atoms with van der Waals surface area (Å²) >= 11 is 1.24. The van der Waals surface area contributed by atoms with Crippen LogP contribution in [0.4, 0.5) is 0 Å². The fourth-order valence-corrected chi connectivity index (χ4v) is 6.17. The number of carbonyl (C=O) groups is 1. The van der Waals surface area contributed by atoms with Gasteiger partial charge < -0.3 is 47.2 Å². The van der Waals surface area contributed by atoms with E-state index < -0.39 is 54.4 Å². The van der Waals surface area contributed by atoms with E-state index in [1.165, 1.54) is 31.3 Å². The van der Waals surface area contributed by atoms with Crippen LogP contribution in [0.1, 0.15) is 47.1 Å². The highest BCUT2D eigenvalue weighted by Crippen LogP contribution is 2.45. The van der Waals surface area contributed by atoms with Gasteiger partial charge in [-0.25, -0.2) is 4.79 Å². The van der Waals surface area contributed by atoms with Gasteiger partial charge in [-0.3, -0.25) is 0 Å². The summed E-state index contributed by atoms with van der Waals surface area (Å²) < 4.78 is 53.9. The summed E-state index contributed by atoms with van der Waals surface area (Å²) in [5, 5.41) is 9.78. The highest BCUT2D eigenvalue weighted by Gasteiger charge is 2.59. The quantitative estimate of drug-likeness (QED) is 0.307. The third kappa shape index (κ3) is 6.08. The Labute approximate surface area is 232 Å². The van der Waals surface area contributed by atoms with Gasteiger partial charge in [0.2, 0.25) is 0 Å². The topological polar surface area (TPSA) is 120 Å². The average Bonchev–Trinajstić information content (AvgIpc) is 3.37. The summed E-state index contributed by atoms with van der Waals surface area (Å²) in [5.74, 6) is -1.99. The van der Waals surface area contributed by atoms with Crippen LogP contribution >= 0.6 is 12.0 Å².